The number of fused-ring (bicyclic) bond motifs is 1. The van der Waals surface area contributed by atoms with Crippen LogP contribution in [0.4, 0.5) is 0 Å². The molecule has 0 bridgehead atoms. The zero-order chi connectivity index (χ0) is 19.6. The Hall–Kier alpha value is -2.82. The highest BCUT2D eigenvalue weighted by Crippen LogP contribution is 2.37. The van der Waals surface area contributed by atoms with Crippen LogP contribution in [0.15, 0.2) is 75.7 Å². The van der Waals surface area contributed by atoms with E-state index in [-0.39, 0.29) is 0 Å². The van der Waals surface area contributed by atoms with Crippen LogP contribution in [-0.2, 0) is 0 Å². The Balaban J connectivity index is 1.65. The molecule has 0 saturated heterocycles. The lowest BCUT2D eigenvalue weighted by molar-refractivity contribution is 0.883. The molecule has 0 unspecified atom stereocenters. The number of nitrogens with zero attached hydrogens (tertiary/aromatic N) is 7. The summed E-state index contributed by atoms with van der Waals surface area (Å²) in [4.78, 5) is 17.5. The Morgan fingerprint density at radius 1 is 1.00 bits per heavy atom. The van der Waals surface area contributed by atoms with Gasteiger partial charge in [0.2, 0.25) is 5.16 Å². The molecule has 5 rings (SSSR count). The molecule has 0 radical (unpaired) electrons. The smallest absolute Gasteiger partial charge is 0.202 e. The average Bonchev–Trinajstić information content (AvgIpc) is 3.39. The van der Waals surface area contributed by atoms with Gasteiger partial charge in [0.15, 0.2) is 15.8 Å². The first kappa shape index (κ1) is 18.2. The first-order valence-electron chi connectivity index (χ1n) is 8.58. The molecule has 1 aromatic carbocycles. The number of aromatic nitrogens is 7. The van der Waals surface area contributed by atoms with E-state index in [1.54, 1.807) is 41.8 Å². The summed E-state index contributed by atoms with van der Waals surface area (Å²) in [6.45, 7) is 0. The fourth-order valence-electron chi connectivity index (χ4n) is 2.79. The van der Waals surface area contributed by atoms with Crippen molar-refractivity contribution in [1.29, 1.82) is 0 Å². The third kappa shape index (κ3) is 3.50. The molecule has 7 nitrogen and oxygen atoms in total. The van der Waals surface area contributed by atoms with Crippen molar-refractivity contribution >= 4 is 45.2 Å². The topological polar surface area (TPSA) is 82.3 Å². The highest BCUT2D eigenvalue weighted by atomic mass is 32.2. The molecule has 4 heterocycles. The molecule has 29 heavy (non-hydrogen) atoms. The minimum Gasteiger partial charge on any atom is -0.270 e. The number of thiazole rings is 1. The third-order valence-corrected chi connectivity index (χ3v) is 7.18. The van der Waals surface area contributed by atoms with Gasteiger partial charge in [-0.1, -0.05) is 30.0 Å². The summed E-state index contributed by atoms with van der Waals surface area (Å²) < 4.78 is 3.93. The molecule has 5 aromatic rings. The highest BCUT2D eigenvalue weighted by molar-refractivity contribution is 8.00. The van der Waals surface area contributed by atoms with Crippen molar-refractivity contribution in [3.8, 4) is 17.1 Å². The van der Waals surface area contributed by atoms with Crippen molar-refractivity contribution in [2.45, 2.75) is 14.5 Å². The predicted octanol–water partition coefficient (Wildman–Crippen LogP) is 4.60. The monoisotopic (exact) mass is 435 g/mol. The van der Waals surface area contributed by atoms with Crippen molar-refractivity contribution in [2.24, 2.45) is 0 Å². The summed E-state index contributed by atoms with van der Waals surface area (Å²) in [5, 5.41) is 10.4. The van der Waals surface area contributed by atoms with Crippen LogP contribution >= 0.6 is 34.9 Å². The second-order valence-corrected chi connectivity index (χ2v) is 8.84. The van der Waals surface area contributed by atoms with Crippen LogP contribution in [0.2, 0.25) is 0 Å². The second-order valence-electron chi connectivity index (χ2n) is 5.84. The van der Waals surface area contributed by atoms with Crippen LogP contribution in [0.3, 0.4) is 0 Å². The van der Waals surface area contributed by atoms with Crippen LogP contribution in [0.5, 0.6) is 0 Å². The molecule has 0 aliphatic rings. The first-order chi connectivity index (χ1) is 14.3. The maximum absolute atomic E-state index is 4.53. The fourth-order valence-corrected chi connectivity index (χ4v) is 5.26. The first-order valence-corrected chi connectivity index (χ1v) is 11.4. The van der Waals surface area contributed by atoms with E-state index in [1.165, 1.54) is 11.8 Å². The van der Waals surface area contributed by atoms with Crippen molar-refractivity contribution in [2.75, 3.05) is 6.26 Å². The molecular weight excluding hydrogens is 422 g/mol. The van der Waals surface area contributed by atoms with Crippen molar-refractivity contribution in [3.05, 3.63) is 61.2 Å². The fraction of sp³-hybridized carbons (Fsp3) is 0.0526. The molecule has 0 N–H and O–H groups in total. The van der Waals surface area contributed by atoms with E-state index in [0.717, 1.165) is 31.1 Å². The zero-order valence-electron chi connectivity index (χ0n) is 15.1. The summed E-state index contributed by atoms with van der Waals surface area (Å²) in [5.74, 6) is 0.728. The number of pyridine rings is 1. The summed E-state index contributed by atoms with van der Waals surface area (Å²) in [5.41, 5.74) is 2.57. The number of benzene rings is 1. The summed E-state index contributed by atoms with van der Waals surface area (Å²) in [6.07, 6.45) is 7.08. The molecule has 0 aliphatic carbocycles. The van der Waals surface area contributed by atoms with Crippen LogP contribution in [-0.4, -0.2) is 41.0 Å². The number of para-hydroxylation sites is 1. The van der Waals surface area contributed by atoms with E-state index >= 15 is 0 Å². The van der Waals surface area contributed by atoms with Gasteiger partial charge in [0.05, 0.1) is 0 Å². The van der Waals surface area contributed by atoms with Gasteiger partial charge in [0.1, 0.15) is 16.1 Å². The van der Waals surface area contributed by atoms with Gasteiger partial charge in [-0.25, -0.2) is 15.0 Å². The zero-order valence-corrected chi connectivity index (χ0v) is 17.6. The molecule has 0 saturated carbocycles. The maximum atomic E-state index is 4.53. The van der Waals surface area contributed by atoms with Crippen molar-refractivity contribution in [1.82, 2.24) is 34.7 Å². The molecule has 0 fully saturated rings. The molecular formula is C19H13N7S3. The van der Waals surface area contributed by atoms with E-state index < -0.39 is 0 Å². The standard InChI is InChI=1S/C19H13N7S3/c1-27-19-23-15-14(28-19)17(22-11-21-15)29-18-25-24-16(12-6-5-9-20-10-12)26(18)13-7-3-2-4-8-13/h2-11H,1H3. The molecule has 4 aromatic heterocycles. The molecule has 10 heteroatoms. The minimum atomic E-state index is 0.704. The van der Waals surface area contributed by atoms with Gasteiger partial charge in [-0.2, -0.15) is 0 Å². The lowest BCUT2D eigenvalue weighted by atomic mass is 10.2. The third-order valence-electron chi connectivity index (χ3n) is 4.07. The normalized spacial score (nSPS) is 11.2. The quantitative estimate of drug-likeness (QED) is 0.293. The second kappa shape index (κ2) is 7.90. The summed E-state index contributed by atoms with van der Waals surface area (Å²) in [6, 6.07) is 13.9. The molecule has 0 spiro atoms. The van der Waals surface area contributed by atoms with Gasteiger partial charge in [-0.15, -0.1) is 21.5 Å². The number of hydrogen-bond acceptors (Lipinski definition) is 9. The lowest BCUT2D eigenvalue weighted by Gasteiger charge is -2.09. The Kier molecular flexibility index (Phi) is 4.96. The largest absolute Gasteiger partial charge is 0.270 e. The van der Waals surface area contributed by atoms with Gasteiger partial charge in [0, 0.05) is 23.6 Å². The minimum absolute atomic E-state index is 0.704. The Morgan fingerprint density at radius 3 is 2.69 bits per heavy atom. The molecule has 0 atom stereocenters. The molecule has 0 amide bonds. The van der Waals surface area contributed by atoms with Gasteiger partial charge in [0.25, 0.3) is 0 Å². The van der Waals surface area contributed by atoms with Gasteiger partial charge in [-0.3, -0.25) is 9.55 Å². The predicted molar refractivity (Wildman–Crippen MR) is 116 cm³/mol. The van der Waals surface area contributed by atoms with E-state index in [9.17, 15) is 0 Å². The SMILES string of the molecule is CSc1nc2ncnc(Sc3nnc(-c4cccnc4)n3-c3ccccc3)c2s1. The van der Waals surface area contributed by atoms with Crippen LogP contribution in [0, 0.1) is 0 Å². The summed E-state index contributed by atoms with van der Waals surface area (Å²) in [7, 11) is 0. The van der Waals surface area contributed by atoms with Gasteiger partial charge < -0.3 is 0 Å². The highest BCUT2D eigenvalue weighted by Gasteiger charge is 2.19. The molecule has 0 aliphatic heterocycles. The lowest BCUT2D eigenvalue weighted by Crippen LogP contribution is -1.99. The molecule has 142 valence electrons. The van der Waals surface area contributed by atoms with Crippen molar-refractivity contribution in [3.63, 3.8) is 0 Å². The van der Waals surface area contributed by atoms with Gasteiger partial charge in [-0.05, 0) is 42.3 Å². The van der Waals surface area contributed by atoms with E-state index in [2.05, 4.69) is 30.1 Å². The van der Waals surface area contributed by atoms with Crippen LogP contribution in [0.25, 0.3) is 27.4 Å². The van der Waals surface area contributed by atoms with Gasteiger partial charge >= 0.3 is 0 Å². The Morgan fingerprint density at radius 2 is 1.90 bits per heavy atom. The Bertz CT molecular complexity index is 1270. The Labute approximate surface area is 178 Å². The number of rotatable bonds is 5. The summed E-state index contributed by atoms with van der Waals surface area (Å²) >= 11 is 4.64. The number of thioether (sulfide) groups is 1. The number of hydrogen-bond donors (Lipinski definition) is 0. The van der Waals surface area contributed by atoms with Crippen molar-refractivity contribution < 1.29 is 0 Å². The van der Waals surface area contributed by atoms with E-state index in [0.29, 0.717) is 10.8 Å². The van der Waals surface area contributed by atoms with Crippen LogP contribution in [0.1, 0.15) is 0 Å². The van der Waals surface area contributed by atoms with E-state index in [4.69, 9.17) is 0 Å². The average molecular weight is 436 g/mol. The van der Waals surface area contributed by atoms with E-state index in [1.807, 2.05) is 53.3 Å². The van der Waals surface area contributed by atoms with Crippen LogP contribution < -0.4 is 0 Å². The maximum Gasteiger partial charge on any atom is 0.202 e.